The quantitative estimate of drug-likeness (QED) is 0.708. The number of aromatic nitrogens is 2. The van der Waals surface area contributed by atoms with Crippen molar-refractivity contribution in [1.82, 2.24) is 14.9 Å². The molecule has 0 fully saturated rings. The molecule has 3 aromatic rings. The summed E-state index contributed by atoms with van der Waals surface area (Å²) in [5.74, 6) is -0.178. The van der Waals surface area contributed by atoms with E-state index in [4.69, 9.17) is 11.6 Å². The van der Waals surface area contributed by atoms with Crippen molar-refractivity contribution < 1.29 is 4.79 Å². The lowest BCUT2D eigenvalue weighted by Gasteiger charge is -2.07. The molecule has 6 heteroatoms. The molecule has 0 aliphatic carbocycles. The van der Waals surface area contributed by atoms with Crippen molar-refractivity contribution in [2.45, 2.75) is 0 Å². The number of hydrogen-bond donors (Lipinski definition) is 2. The van der Waals surface area contributed by atoms with Crippen molar-refractivity contribution in [1.29, 1.82) is 0 Å². The number of carbonyl (C=O) groups excluding carboxylic acids is 1. The van der Waals surface area contributed by atoms with Gasteiger partial charge in [0, 0.05) is 55.4 Å². The molecule has 1 aromatic carbocycles. The van der Waals surface area contributed by atoms with Crippen molar-refractivity contribution in [3.63, 3.8) is 0 Å². The maximum atomic E-state index is 11.9. The summed E-state index contributed by atoms with van der Waals surface area (Å²) in [6.07, 6.45) is 6.68. The van der Waals surface area contributed by atoms with Crippen LogP contribution < -0.4 is 5.32 Å². The molecule has 2 aromatic heterocycles. The fourth-order valence-electron chi connectivity index (χ4n) is 2.31. The molecule has 0 saturated carbocycles. The van der Waals surface area contributed by atoms with Crippen molar-refractivity contribution in [3.8, 4) is 11.1 Å². The molecule has 1 amide bonds. The van der Waals surface area contributed by atoms with Crippen LogP contribution in [0.1, 0.15) is 0 Å². The summed E-state index contributed by atoms with van der Waals surface area (Å²) in [6.45, 7) is 0. The maximum absolute atomic E-state index is 11.9. The third-order valence-electron chi connectivity index (χ3n) is 3.47. The Morgan fingerprint density at radius 1 is 1.29 bits per heavy atom. The van der Waals surface area contributed by atoms with Crippen molar-refractivity contribution in [2.75, 3.05) is 19.4 Å². The van der Waals surface area contributed by atoms with Crippen LogP contribution in [0.5, 0.6) is 0 Å². The number of fused-ring (bicyclic) bond motifs is 1. The number of aromatic amines is 1. The molecule has 0 aliphatic heterocycles. The summed E-state index contributed by atoms with van der Waals surface area (Å²) in [7, 11) is 3.72. The maximum Gasteiger partial charge on any atom is 0.249 e. The van der Waals surface area contributed by atoms with Crippen molar-refractivity contribution >= 4 is 34.2 Å². The third kappa shape index (κ3) is 3.58. The molecule has 0 atom stereocenters. The first-order chi connectivity index (χ1) is 11.5. The zero-order chi connectivity index (χ0) is 17.1. The monoisotopic (exact) mass is 340 g/mol. The van der Waals surface area contributed by atoms with E-state index in [2.05, 4.69) is 15.3 Å². The van der Waals surface area contributed by atoms with E-state index in [-0.39, 0.29) is 5.91 Å². The lowest BCUT2D eigenvalue weighted by atomic mass is 10.1. The van der Waals surface area contributed by atoms with Crippen molar-refractivity contribution in [3.05, 3.63) is 60.0 Å². The highest BCUT2D eigenvalue weighted by atomic mass is 35.5. The number of amides is 1. The number of benzene rings is 1. The van der Waals surface area contributed by atoms with Crippen LogP contribution >= 0.6 is 11.6 Å². The molecule has 0 unspecified atom stereocenters. The van der Waals surface area contributed by atoms with Gasteiger partial charge in [0.2, 0.25) is 5.91 Å². The van der Waals surface area contributed by atoms with Gasteiger partial charge in [-0.1, -0.05) is 23.7 Å². The Hall–Kier alpha value is -2.79. The molecule has 0 spiro atoms. The largest absolute Gasteiger partial charge is 0.383 e. The minimum absolute atomic E-state index is 0.178. The standard InChI is InChI=1S/C18H17ClN4O/c1-23(2)7-6-17(24)22-14-5-3-4-12(8-14)13-9-15-16(19)11-21-18(15)20-10-13/h3-11H,1-2H3,(H,20,21)(H,22,24). The lowest BCUT2D eigenvalue weighted by molar-refractivity contribution is -0.112. The molecule has 2 N–H and O–H groups in total. The predicted molar refractivity (Wildman–Crippen MR) is 98.0 cm³/mol. The van der Waals surface area contributed by atoms with E-state index < -0.39 is 0 Å². The average Bonchev–Trinajstić information content (AvgIpc) is 2.94. The summed E-state index contributed by atoms with van der Waals surface area (Å²) in [6, 6.07) is 9.59. The van der Waals surface area contributed by atoms with Crippen LogP contribution in [0, 0.1) is 0 Å². The topological polar surface area (TPSA) is 61.0 Å². The number of hydrogen-bond acceptors (Lipinski definition) is 3. The minimum atomic E-state index is -0.178. The van der Waals surface area contributed by atoms with E-state index in [1.165, 1.54) is 6.08 Å². The van der Waals surface area contributed by atoms with Crippen LogP contribution in [0.4, 0.5) is 5.69 Å². The van der Waals surface area contributed by atoms with E-state index in [0.29, 0.717) is 5.02 Å². The highest BCUT2D eigenvalue weighted by Crippen LogP contribution is 2.28. The molecule has 122 valence electrons. The van der Waals surface area contributed by atoms with Gasteiger partial charge in [0.15, 0.2) is 0 Å². The highest BCUT2D eigenvalue weighted by Gasteiger charge is 2.07. The van der Waals surface area contributed by atoms with E-state index in [1.807, 2.05) is 44.4 Å². The Bertz CT molecular complexity index is 914. The number of rotatable bonds is 4. The lowest BCUT2D eigenvalue weighted by Crippen LogP contribution is -2.10. The van der Waals surface area contributed by atoms with Crippen LogP contribution in [-0.2, 0) is 4.79 Å². The van der Waals surface area contributed by atoms with Crippen LogP contribution in [-0.4, -0.2) is 34.9 Å². The average molecular weight is 341 g/mol. The molecular formula is C18H17ClN4O. The smallest absolute Gasteiger partial charge is 0.249 e. The molecule has 0 radical (unpaired) electrons. The van der Waals surface area contributed by atoms with E-state index in [0.717, 1.165) is 27.8 Å². The van der Waals surface area contributed by atoms with E-state index in [1.54, 1.807) is 23.5 Å². The molecular weight excluding hydrogens is 324 g/mol. The molecule has 0 saturated heterocycles. The number of H-pyrrole nitrogens is 1. The molecule has 24 heavy (non-hydrogen) atoms. The Morgan fingerprint density at radius 3 is 2.92 bits per heavy atom. The van der Waals surface area contributed by atoms with Gasteiger partial charge in [0.25, 0.3) is 0 Å². The van der Waals surface area contributed by atoms with Gasteiger partial charge in [0.1, 0.15) is 5.65 Å². The van der Waals surface area contributed by atoms with Gasteiger partial charge in [-0.05, 0) is 23.8 Å². The van der Waals surface area contributed by atoms with Gasteiger partial charge in [-0.3, -0.25) is 4.79 Å². The van der Waals surface area contributed by atoms with Crippen LogP contribution in [0.25, 0.3) is 22.2 Å². The summed E-state index contributed by atoms with van der Waals surface area (Å²) in [4.78, 5) is 21.1. The van der Waals surface area contributed by atoms with Gasteiger partial charge in [-0.15, -0.1) is 0 Å². The zero-order valence-corrected chi connectivity index (χ0v) is 14.1. The zero-order valence-electron chi connectivity index (χ0n) is 13.4. The first kappa shape index (κ1) is 16.1. The number of halogens is 1. The van der Waals surface area contributed by atoms with Gasteiger partial charge in [-0.25, -0.2) is 4.98 Å². The Morgan fingerprint density at radius 2 is 2.12 bits per heavy atom. The summed E-state index contributed by atoms with van der Waals surface area (Å²) < 4.78 is 0. The molecule has 0 bridgehead atoms. The fourth-order valence-corrected chi connectivity index (χ4v) is 2.50. The summed E-state index contributed by atoms with van der Waals surface area (Å²) in [5.41, 5.74) is 3.36. The van der Waals surface area contributed by atoms with Crippen molar-refractivity contribution in [2.24, 2.45) is 0 Å². The van der Waals surface area contributed by atoms with Gasteiger partial charge >= 0.3 is 0 Å². The molecule has 3 rings (SSSR count). The van der Waals surface area contributed by atoms with Crippen LogP contribution in [0.2, 0.25) is 5.02 Å². The molecule has 2 heterocycles. The molecule has 5 nitrogen and oxygen atoms in total. The number of nitrogens with one attached hydrogen (secondary N) is 2. The second-order valence-corrected chi connectivity index (χ2v) is 6.01. The third-order valence-corrected chi connectivity index (χ3v) is 3.78. The van der Waals surface area contributed by atoms with E-state index >= 15 is 0 Å². The Labute approximate surface area is 145 Å². The highest BCUT2D eigenvalue weighted by molar-refractivity contribution is 6.35. The summed E-state index contributed by atoms with van der Waals surface area (Å²) >= 11 is 6.15. The van der Waals surface area contributed by atoms with Crippen LogP contribution in [0.3, 0.4) is 0 Å². The number of carbonyl (C=O) groups is 1. The number of anilines is 1. The van der Waals surface area contributed by atoms with Gasteiger partial charge in [-0.2, -0.15) is 0 Å². The van der Waals surface area contributed by atoms with Crippen LogP contribution in [0.15, 0.2) is 55.0 Å². The normalized spacial score (nSPS) is 11.1. The minimum Gasteiger partial charge on any atom is -0.383 e. The second kappa shape index (κ2) is 6.76. The first-order valence-electron chi connectivity index (χ1n) is 7.41. The predicted octanol–water partition coefficient (Wildman–Crippen LogP) is 3.90. The van der Waals surface area contributed by atoms with Gasteiger partial charge < -0.3 is 15.2 Å². The fraction of sp³-hybridized carbons (Fsp3) is 0.111. The van der Waals surface area contributed by atoms with Gasteiger partial charge in [0.05, 0.1) is 5.02 Å². The number of nitrogens with zero attached hydrogens (tertiary/aromatic N) is 2. The first-order valence-corrected chi connectivity index (χ1v) is 7.79. The SMILES string of the molecule is CN(C)C=CC(=O)Nc1cccc(-c2cnc3[nH]cc(Cl)c3c2)c1. The Kier molecular flexibility index (Phi) is 4.53. The number of pyridine rings is 1. The summed E-state index contributed by atoms with van der Waals surface area (Å²) in [5, 5.41) is 4.36. The molecule has 0 aliphatic rings. The second-order valence-electron chi connectivity index (χ2n) is 5.61. The van der Waals surface area contributed by atoms with E-state index in [9.17, 15) is 4.79 Å². The Balaban J connectivity index is 1.86.